The van der Waals surface area contributed by atoms with Crippen LogP contribution in [0, 0.1) is 6.92 Å². The van der Waals surface area contributed by atoms with Gasteiger partial charge in [0, 0.05) is 17.2 Å². The number of aryl methyl sites for hydroxylation is 1. The van der Waals surface area contributed by atoms with E-state index in [0.29, 0.717) is 12.4 Å². The molecule has 1 aromatic heterocycles. The molecule has 0 bridgehead atoms. The van der Waals surface area contributed by atoms with Crippen LogP contribution in [0.25, 0.3) is 0 Å². The monoisotopic (exact) mass is 319 g/mol. The number of pyridine rings is 1. The van der Waals surface area contributed by atoms with Crippen LogP contribution in [-0.4, -0.2) is 11.0 Å². The molecule has 2 aromatic rings. The van der Waals surface area contributed by atoms with Crippen LogP contribution in [0.15, 0.2) is 47.1 Å². The first-order chi connectivity index (χ1) is 9.16. The summed E-state index contributed by atoms with van der Waals surface area (Å²) >= 11 is 3.44. The zero-order chi connectivity index (χ0) is 13.7. The molecule has 0 unspecified atom stereocenters. The maximum Gasteiger partial charge on any atom is 0.320 e. The number of carbonyl (C=O) groups excluding carboxylic acids is 1. The van der Waals surface area contributed by atoms with E-state index in [2.05, 4.69) is 31.5 Å². The Balaban J connectivity index is 1.92. The summed E-state index contributed by atoms with van der Waals surface area (Å²) in [5, 5.41) is 5.52. The van der Waals surface area contributed by atoms with Gasteiger partial charge in [0.25, 0.3) is 0 Å². The van der Waals surface area contributed by atoms with Crippen LogP contribution in [-0.2, 0) is 6.54 Å². The maximum absolute atomic E-state index is 11.8. The molecule has 0 saturated carbocycles. The number of aromatic nitrogens is 1. The predicted molar refractivity (Wildman–Crippen MR) is 79.0 cm³/mol. The maximum atomic E-state index is 11.8. The lowest BCUT2D eigenvalue weighted by atomic mass is 10.2. The number of hydrogen-bond donors (Lipinski definition) is 2. The Morgan fingerprint density at radius 1 is 1.26 bits per heavy atom. The number of amides is 2. The quantitative estimate of drug-likeness (QED) is 0.910. The summed E-state index contributed by atoms with van der Waals surface area (Å²) < 4.78 is 0.976. The van der Waals surface area contributed by atoms with Gasteiger partial charge in [0.2, 0.25) is 0 Å². The number of hydrogen-bond acceptors (Lipinski definition) is 2. The second-order valence-corrected chi connectivity index (χ2v) is 4.92. The Kier molecular flexibility index (Phi) is 4.52. The molecule has 1 heterocycles. The average Bonchev–Trinajstić information content (AvgIpc) is 2.40. The van der Waals surface area contributed by atoms with Gasteiger partial charge in [0.15, 0.2) is 0 Å². The van der Waals surface area contributed by atoms with E-state index in [1.54, 1.807) is 6.20 Å². The fourth-order valence-electron chi connectivity index (χ4n) is 1.59. The first-order valence-corrected chi connectivity index (χ1v) is 6.66. The third-order valence-corrected chi connectivity index (χ3v) is 3.41. The van der Waals surface area contributed by atoms with Gasteiger partial charge < -0.3 is 5.32 Å². The lowest BCUT2D eigenvalue weighted by Gasteiger charge is -2.09. The molecule has 19 heavy (non-hydrogen) atoms. The van der Waals surface area contributed by atoms with E-state index in [9.17, 15) is 4.79 Å². The normalized spacial score (nSPS) is 10.0. The van der Waals surface area contributed by atoms with Gasteiger partial charge in [0.05, 0.1) is 0 Å². The Morgan fingerprint density at radius 3 is 2.79 bits per heavy atom. The number of nitrogens with one attached hydrogen (secondary N) is 2. The number of halogens is 1. The number of carbonyl (C=O) groups is 1. The Morgan fingerprint density at radius 2 is 2.05 bits per heavy atom. The van der Waals surface area contributed by atoms with Crippen molar-refractivity contribution in [1.82, 2.24) is 10.3 Å². The van der Waals surface area contributed by atoms with E-state index < -0.39 is 0 Å². The van der Waals surface area contributed by atoms with Crippen LogP contribution in [0.1, 0.15) is 11.1 Å². The molecule has 0 saturated heterocycles. The number of benzene rings is 1. The van der Waals surface area contributed by atoms with Crippen molar-refractivity contribution in [3.05, 3.63) is 58.2 Å². The third-order valence-electron chi connectivity index (χ3n) is 2.64. The van der Waals surface area contributed by atoms with Crippen LogP contribution < -0.4 is 10.6 Å². The Bertz CT molecular complexity index is 586. The summed E-state index contributed by atoms with van der Waals surface area (Å²) in [6, 6.07) is 11.2. The van der Waals surface area contributed by atoms with Gasteiger partial charge in [-0.25, -0.2) is 9.78 Å². The second kappa shape index (κ2) is 6.33. The molecule has 2 N–H and O–H groups in total. The van der Waals surface area contributed by atoms with Crippen molar-refractivity contribution in [3.8, 4) is 0 Å². The van der Waals surface area contributed by atoms with Crippen molar-refractivity contribution < 1.29 is 4.79 Å². The lowest BCUT2D eigenvalue weighted by Crippen LogP contribution is -2.29. The fraction of sp³-hybridized carbons (Fsp3) is 0.143. The van der Waals surface area contributed by atoms with E-state index in [0.717, 1.165) is 15.6 Å². The topological polar surface area (TPSA) is 54.0 Å². The van der Waals surface area contributed by atoms with Crippen LogP contribution in [0.5, 0.6) is 0 Å². The Labute approximate surface area is 120 Å². The van der Waals surface area contributed by atoms with Crippen molar-refractivity contribution in [2.75, 3.05) is 5.32 Å². The molecular weight excluding hydrogens is 306 g/mol. The minimum absolute atomic E-state index is 0.266. The molecule has 0 aliphatic rings. The van der Waals surface area contributed by atoms with Crippen LogP contribution >= 0.6 is 15.9 Å². The van der Waals surface area contributed by atoms with E-state index >= 15 is 0 Å². The molecule has 0 fully saturated rings. The minimum Gasteiger partial charge on any atom is -0.334 e. The standard InChI is InChI=1S/C14H14BrN3O/c1-10-5-4-8-16-13(10)18-14(19)17-9-11-6-2-3-7-12(11)15/h2-8H,9H2,1H3,(H2,16,17,18,19). The van der Waals surface area contributed by atoms with Crippen molar-refractivity contribution >= 4 is 27.8 Å². The van der Waals surface area contributed by atoms with Gasteiger partial charge in [0.1, 0.15) is 5.82 Å². The molecule has 0 radical (unpaired) electrons. The molecular formula is C14H14BrN3O. The summed E-state index contributed by atoms with van der Waals surface area (Å²) in [6.45, 7) is 2.36. The minimum atomic E-state index is -0.266. The summed E-state index contributed by atoms with van der Waals surface area (Å²) in [5.74, 6) is 0.576. The summed E-state index contributed by atoms with van der Waals surface area (Å²) in [6.07, 6.45) is 1.65. The van der Waals surface area contributed by atoms with Gasteiger partial charge in [-0.05, 0) is 30.2 Å². The predicted octanol–water partition coefficient (Wildman–Crippen LogP) is 3.47. The van der Waals surface area contributed by atoms with Crippen LogP contribution in [0.3, 0.4) is 0 Å². The van der Waals surface area contributed by atoms with Crippen molar-refractivity contribution in [2.24, 2.45) is 0 Å². The molecule has 1 aromatic carbocycles. The lowest BCUT2D eigenvalue weighted by molar-refractivity contribution is 0.251. The molecule has 2 rings (SSSR count). The third kappa shape index (κ3) is 3.79. The highest BCUT2D eigenvalue weighted by atomic mass is 79.9. The zero-order valence-electron chi connectivity index (χ0n) is 10.5. The number of nitrogens with zero attached hydrogens (tertiary/aromatic N) is 1. The van der Waals surface area contributed by atoms with Gasteiger partial charge in [-0.1, -0.05) is 40.2 Å². The van der Waals surface area contributed by atoms with Crippen molar-refractivity contribution in [3.63, 3.8) is 0 Å². The van der Waals surface area contributed by atoms with Crippen LogP contribution in [0.4, 0.5) is 10.6 Å². The van der Waals surface area contributed by atoms with E-state index in [1.165, 1.54) is 0 Å². The summed E-state index contributed by atoms with van der Waals surface area (Å²) in [7, 11) is 0. The average molecular weight is 320 g/mol. The molecule has 0 atom stereocenters. The highest BCUT2D eigenvalue weighted by Gasteiger charge is 2.05. The largest absolute Gasteiger partial charge is 0.334 e. The fourth-order valence-corrected chi connectivity index (χ4v) is 2.01. The van der Waals surface area contributed by atoms with E-state index in [4.69, 9.17) is 0 Å². The van der Waals surface area contributed by atoms with Gasteiger partial charge >= 0.3 is 6.03 Å². The van der Waals surface area contributed by atoms with E-state index in [-0.39, 0.29) is 6.03 Å². The molecule has 0 aliphatic carbocycles. The van der Waals surface area contributed by atoms with E-state index in [1.807, 2.05) is 43.3 Å². The molecule has 2 amide bonds. The number of urea groups is 1. The van der Waals surface area contributed by atoms with Gasteiger partial charge in [-0.2, -0.15) is 0 Å². The Hall–Kier alpha value is -1.88. The SMILES string of the molecule is Cc1cccnc1NC(=O)NCc1ccccc1Br. The molecule has 0 spiro atoms. The van der Waals surface area contributed by atoms with Gasteiger partial charge in [-0.3, -0.25) is 5.32 Å². The summed E-state index contributed by atoms with van der Waals surface area (Å²) in [5.41, 5.74) is 1.95. The number of anilines is 1. The molecule has 5 heteroatoms. The highest BCUT2D eigenvalue weighted by molar-refractivity contribution is 9.10. The summed E-state index contributed by atoms with van der Waals surface area (Å²) in [4.78, 5) is 15.9. The van der Waals surface area contributed by atoms with Crippen LogP contribution in [0.2, 0.25) is 0 Å². The van der Waals surface area contributed by atoms with Gasteiger partial charge in [-0.15, -0.1) is 0 Å². The molecule has 4 nitrogen and oxygen atoms in total. The zero-order valence-corrected chi connectivity index (χ0v) is 12.1. The molecule has 0 aliphatic heterocycles. The highest BCUT2D eigenvalue weighted by Crippen LogP contribution is 2.15. The number of rotatable bonds is 3. The van der Waals surface area contributed by atoms with Crippen molar-refractivity contribution in [1.29, 1.82) is 0 Å². The van der Waals surface area contributed by atoms with Crippen molar-refractivity contribution in [2.45, 2.75) is 13.5 Å². The first-order valence-electron chi connectivity index (χ1n) is 5.86. The first kappa shape index (κ1) is 13.5. The second-order valence-electron chi connectivity index (χ2n) is 4.07. The molecule has 98 valence electrons. The smallest absolute Gasteiger partial charge is 0.320 e.